The number of hydrogen-bond donors (Lipinski definition) is 2. The van der Waals surface area contributed by atoms with E-state index in [0.29, 0.717) is 10.7 Å². The van der Waals surface area contributed by atoms with Gasteiger partial charge in [-0.3, -0.25) is 4.79 Å². The summed E-state index contributed by atoms with van der Waals surface area (Å²) in [5.74, 6) is -0.0156. The Balaban J connectivity index is 2.03. The molecule has 0 fully saturated rings. The number of amides is 1. The Kier molecular flexibility index (Phi) is 6.75. The maximum Gasteiger partial charge on any atom is 0.253 e. The summed E-state index contributed by atoms with van der Waals surface area (Å²) < 4.78 is 0. The van der Waals surface area contributed by atoms with Gasteiger partial charge in [0.05, 0.1) is 6.04 Å². The van der Waals surface area contributed by atoms with Crippen LogP contribution in [0.15, 0.2) is 42.5 Å². The minimum Gasteiger partial charge on any atom is -0.356 e. The number of carbonyl (C=O) groups excluding carboxylic acids is 1. The van der Waals surface area contributed by atoms with Crippen LogP contribution in [0.2, 0.25) is 0 Å². The maximum atomic E-state index is 11.9. The van der Waals surface area contributed by atoms with Crippen molar-refractivity contribution < 1.29 is 4.79 Å². The lowest BCUT2D eigenvalue weighted by atomic mass is 9.98. The number of aryl methyl sites for hydroxylation is 2. The van der Waals surface area contributed by atoms with Crippen LogP contribution in [-0.4, -0.2) is 30.0 Å². The van der Waals surface area contributed by atoms with Crippen LogP contribution in [0.1, 0.15) is 46.4 Å². The minimum absolute atomic E-state index is 0.0156. The summed E-state index contributed by atoms with van der Waals surface area (Å²) in [6, 6.07) is 14.0. The third-order valence-corrected chi connectivity index (χ3v) is 4.53. The summed E-state index contributed by atoms with van der Waals surface area (Å²) >= 11 is 5.48. The molecule has 0 aliphatic rings. The van der Waals surface area contributed by atoms with E-state index >= 15 is 0 Å². The highest BCUT2D eigenvalue weighted by Crippen LogP contribution is 2.22. The van der Waals surface area contributed by atoms with Crippen molar-refractivity contribution in [2.24, 2.45) is 0 Å². The van der Waals surface area contributed by atoms with E-state index in [1.807, 2.05) is 12.1 Å². The third-order valence-electron chi connectivity index (χ3n) is 4.31. The fourth-order valence-electron chi connectivity index (χ4n) is 2.90. The predicted molar refractivity (Wildman–Crippen MR) is 113 cm³/mol. The van der Waals surface area contributed by atoms with E-state index in [2.05, 4.69) is 49.6 Å². The van der Waals surface area contributed by atoms with Gasteiger partial charge in [0.2, 0.25) is 0 Å². The molecule has 138 valence electrons. The maximum absolute atomic E-state index is 11.9. The van der Waals surface area contributed by atoms with E-state index in [9.17, 15) is 4.79 Å². The summed E-state index contributed by atoms with van der Waals surface area (Å²) in [5, 5.41) is 7.16. The number of nitrogens with one attached hydrogen (secondary N) is 2. The van der Waals surface area contributed by atoms with Gasteiger partial charge in [0.15, 0.2) is 5.11 Å². The van der Waals surface area contributed by atoms with Crippen LogP contribution in [0.3, 0.4) is 0 Å². The lowest BCUT2D eigenvalue weighted by Crippen LogP contribution is -2.32. The van der Waals surface area contributed by atoms with E-state index in [0.717, 1.165) is 12.1 Å². The largest absolute Gasteiger partial charge is 0.356 e. The van der Waals surface area contributed by atoms with E-state index in [1.165, 1.54) is 16.7 Å². The second kappa shape index (κ2) is 8.81. The van der Waals surface area contributed by atoms with Crippen LogP contribution in [0, 0.1) is 13.8 Å². The van der Waals surface area contributed by atoms with Gasteiger partial charge in [-0.25, -0.2) is 0 Å². The first-order chi connectivity index (χ1) is 12.3. The molecule has 0 heterocycles. The van der Waals surface area contributed by atoms with Crippen LogP contribution in [0.25, 0.3) is 0 Å². The van der Waals surface area contributed by atoms with Crippen molar-refractivity contribution in [2.45, 2.75) is 33.2 Å². The molecule has 0 unspecified atom stereocenters. The average molecular weight is 370 g/mol. The fourth-order valence-corrected chi connectivity index (χ4v) is 3.16. The molecule has 2 N–H and O–H groups in total. The Bertz CT molecular complexity index is 784. The molecule has 2 rings (SSSR count). The zero-order valence-corrected chi connectivity index (χ0v) is 16.9. The summed E-state index contributed by atoms with van der Waals surface area (Å²) in [4.78, 5) is 13.5. The molecule has 0 aromatic heterocycles. The van der Waals surface area contributed by atoms with Crippen LogP contribution < -0.4 is 10.6 Å². The number of nitrogens with zero attached hydrogens (tertiary/aromatic N) is 1. The van der Waals surface area contributed by atoms with Gasteiger partial charge in [-0.15, -0.1) is 0 Å². The van der Waals surface area contributed by atoms with Gasteiger partial charge in [-0.05, 0) is 67.9 Å². The Labute approximate surface area is 161 Å². The molecule has 1 atom stereocenters. The first kappa shape index (κ1) is 19.9. The van der Waals surface area contributed by atoms with Crippen molar-refractivity contribution in [3.63, 3.8) is 0 Å². The molecule has 0 aliphatic heterocycles. The SMILES string of the molecule is CC[C@@H](NC(=S)Nc1ccc(C(=O)N(C)C)cc1)c1ccc(C)cc1C. The van der Waals surface area contributed by atoms with Crippen LogP contribution >= 0.6 is 12.2 Å². The molecular weight excluding hydrogens is 342 g/mol. The summed E-state index contributed by atoms with van der Waals surface area (Å²) in [6.07, 6.45) is 0.933. The number of carbonyl (C=O) groups is 1. The Morgan fingerprint density at radius 2 is 1.77 bits per heavy atom. The van der Waals surface area contributed by atoms with E-state index in [1.54, 1.807) is 31.1 Å². The van der Waals surface area contributed by atoms with Crippen molar-refractivity contribution in [1.29, 1.82) is 0 Å². The van der Waals surface area contributed by atoms with E-state index in [-0.39, 0.29) is 11.9 Å². The van der Waals surface area contributed by atoms with Crippen LogP contribution in [0.5, 0.6) is 0 Å². The summed E-state index contributed by atoms with van der Waals surface area (Å²) in [5.41, 5.74) is 5.29. The van der Waals surface area contributed by atoms with Crippen molar-refractivity contribution in [3.8, 4) is 0 Å². The van der Waals surface area contributed by atoms with Crippen molar-refractivity contribution in [2.75, 3.05) is 19.4 Å². The molecule has 26 heavy (non-hydrogen) atoms. The highest BCUT2D eigenvalue weighted by atomic mass is 32.1. The highest BCUT2D eigenvalue weighted by molar-refractivity contribution is 7.80. The molecule has 4 nitrogen and oxygen atoms in total. The third kappa shape index (κ3) is 5.05. The van der Waals surface area contributed by atoms with Gasteiger partial charge in [-0.2, -0.15) is 0 Å². The molecule has 2 aromatic carbocycles. The van der Waals surface area contributed by atoms with Gasteiger partial charge in [0, 0.05) is 25.3 Å². The monoisotopic (exact) mass is 369 g/mol. The molecule has 0 spiro atoms. The van der Waals surface area contributed by atoms with Gasteiger partial charge >= 0.3 is 0 Å². The number of thiocarbonyl (C=S) groups is 1. The van der Waals surface area contributed by atoms with Gasteiger partial charge in [-0.1, -0.05) is 30.7 Å². The van der Waals surface area contributed by atoms with Crippen molar-refractivity contribution in [3.05, 3.63) is 64.7 Å². The number of anilines is 1. The average Bonchev–Trinajstić information content (AvgIpc) is 2.60. The molecule has 0 bridgehead atoms. The quantitative estimate of drug-likeness (QED) is 0.765. The Morgan fingerprint density at radius 3 is 2.31 bits per heavy atom. The van der Waals surface area contributed by atoms with E-state index in [4.69, 9.17) is 12.2 Å². The van der Waals surface area contributed by atoms with Crippen molar-refractivity contribution >= 4 is 28.9 Å². The minimum atomic E-state index is -0.0156. The first-order valence-electron chi connectivity index (χ1n) is 8.78. The van der Waals surface area contributed by atoms with Crippen LogP contribution in [-0.2, 0) is 0 Å². The van der Waals surface area contributed by atoms with Crippen LogP contribution in [0.4, 0.5) is 5.69 Å². The number of benzene rings is 2. The second-order valence-corrected chi connectivity index (χ2v) is 7.10. The van der Waals surface area contributed by atoms with E-state index < -0.39 is 0 Å². The molecule has 0 saturated carbocycles. The van der Waals surface area contributed by atoms with Crippen molar-refractivity contribution in [1.82, 2.24) is 10.2 Å². The number of hydrogen-bond acceptors (Lipinski definition) is 2. The smallest absolute Gasteiger partial charge is 0.253 e. The molecule has 2 aromatic rings. The summed E-state index contributed by atoms with van der Waals surface area (Å²) in [7, 11) is 3.48. The molecule has 5 heteroatoms. The zero-order valence-electron chi connectivity index (χ0n) is 16.1. The molecular formula is C21H27N3OS. The molecule has 0 saturated heterocycles. The van der Waals surface area contributed by atoms with Gasteiger partial charge in [0.1, 0.15) is 0 Å². The Morgan fingerprint density at radius 1 is 1.12 bits per heavy atom. The molecule has 1 amide bonds. The lowest BCUT2D eigenvalue weighted by molar-refractivity contribution is 0.0827. The summed E-state index contributed by atoms with van der Waals surface area (Å²) in [6.45, 7) is 6.37. The predicted octanol–water partition coefficient (Wildman–Crippen LogP) is 4.44. The normalized spacial score (nSPS) is 11.6. The fraction of sp³-hybridized carbons (Fsp3) is 0.333. The molecule has 0 radical (unpaired) electrons. The van der Waals surface area contributed by atoms with Gasteiger partial charge < -0.3 is 15.5 Å². The standard InChI is InChI=1S/C21H27N3OS/c1-6-19(18-12-7-14(2)13-15(18)3)23-21(26)22-17-10-8-16(9-11-17)20(25)24(4)5/h7-13,19H,6H2,1-5H3,(H2,22,23,26)/t19-/m1/s1. The topological polar surface area (TPSA) is 44.4 Å². The number of rotatable bonds is 5. The lowest BCUT2D eigenvalue weighted by Gasteiger charge is -2.22. The molecule has 0 aliphatic carbocycles. The highest BCUT2D eigenvalue weighted by Gasteiger charge is 2.13. The first-order valence-corrected chi connectivity index (χ1v) is 9.19. The van der Waals surface area contributed by atoms with Gasteiger partial charge in [0.25, 0.3) is 5.91 Å². The Hall–Kier alpha value is -2.40. The second-order valence-electron chi connectivity index (χ2n) is 6.70. The zero-order chi connectivity index (χ0) is 19.3.